The summed E-state index contributed by atoms with van der Waals surface area (Å²) in [7, 11) is -1.91. The monoisotopic (exact) mass is 286 g/mol. The molecule has 1 aliphatic rings. The number of hydrogen-bond acceptors (Lipinski definition) is 4. The topological polar surface area (TPSA) is 90.0 Å². The van der Waals surface area contributed by atoms with Crippen molar-refractivity contribution in [2.45, 2.75) is 43.9 Å². The van der Waals surface area contributed by atoms with Crippen molar-refractivity contribution in [2.75, 3.05) is 12.3 Å². The van der Waals surface area contributed by atoms with Crippen LogP contribution in [0.4, 0.5) is 5.82 Å². The minimum Gasteiger partial charge on any atom is -0.381 e. The van der Waals surface area contributed by atoms with E-state index < -0.39 is 10.0 Å². The summed E-state index contributed by atoms with van der Waals surface area (Å²) in [6.07, 6.45) is 6.99. The minimum atomic E-state index is -3.56. The summed E-state index contributed by atoms with van der Waals surface area (Å²) in [5.74, 6) is 0.0481. The zero-order valence-electron chi connectivity index (χ0n) is 11.5. The van der Waals surface area contributed by atoms with Crippen LogP contribution in [-0.2, 0) is 17.1 Å². The van der Waals surface area contributed by atoms with Crippen molar-refractivity contribution in [1.82, 2.24) is 14.5 Å². The van der Waals surface area contributed by atoms with Crippen molar-refractivity contribution in [3.63, 3.8) is 0 Å². The molecule has 0 saturated heterocycles. The quantitative estimate of drug-likeness (QED) is 0.852. The first-order chi connectivity index (χ1) is 8.88. The maximum absolute atomic E-state index is 12.2. The lowest BCUT2D eigenvalue weighted by atomic mass is 9.84. The van der Waals surface area contributed by atoms with Crippen LogP contribution >= 0.6 is 0 Å². The van der Waals surface area contributed by atoms with Crippen LogP contribution in [0.15, 0.2) is 11.1 Å². The number of sulfonamides is 1. The average Bonchev–Trinajstić information content (AvgIpc) is 2.95. The summed E-state index contributed by atoms with van der Waals surface area (Å²) in [4.78, 5) is 0.0688. The van der Waals surface area contributed by atoms with Crippen molar-refractivity contribution < 1.29 is 8.42 Å². The molecule has 3 N–H and O–H groups in total. The van der Waals surface area contributed by atoms with Crippen LogP contribution in [0.2, 0.25) is 0 Å². The lowest BCUT2D eigenvalue weighted by molar-refractivity contribution is 0.285. The first kappa shape index (κ1) is 14.3. The summed E-state index contributed by atoms with van der Waals surface area (Å²) in [6.45, 7) is 2.61. The van der Waals surface area contributed by atoms with Gasteiger partial charge in [0, 0.05) is 19.8 Å². The van der Waals surface area contributed by atoms with Crippen molar-refractivity contribution >= 4 is 15.8 Å². The maximum atomic E-state index is 12.2. The Morgan fingerprint density at radius 1 is 1.47 bits per heavy atom. The van der Waals surface area contributed by atoms with Gasteiger partial charge in [0.1, 0.15) is 4.90 Å². The Balaban J connectivity index is 2.12. The molecule has 108 valence electrons. The Labute approximate surface area is 114 Å². The molecule has 0 atom stereocenters. The van der Waals surface area contributed by atoms with Crippen LogP contribution in [0.5, 0.6) is 0 Å². The fourth-order valence-corrected chi connectivity index (χ4v) is 4.06. The molecule has 1 fully saturated rings. The lowest BCUT2D eigenvalue weighted by Gasteiger charge is -2.27. The molecule has 19 heavy (non-hydrogen) atoms. The Morgan fingerprint density at radius 3 is 2.58 bits per heavy atom. The highest BCUT2D eigenvalue weighted by Crippen LogP contribution is 2.40. The largest absolute Gasteiger partial charge is 0.381 e. The molecule has 0 spiro atoms. The second-order valence-corrected chi connectivity index (χ2v) is 7.17. The second kappa shape index (κ2) is 5.13. The van der Waals surface area contributed by atoms with Crippen LogP contribution in [0.1, 0.15) is 39.0 Å². The van der Waals surface area contributed by atoms with Crippen LogP contribution in [0.3, 0.4) is 0 Å². The third-order valence-corrected chi connectivity index (χ3v) is 5.58. The van der Waals surface area contributed by atoms with Gasteiger partial charge in [-0.1, -0.05) is 19.8 Å². The molecular weight excluding hydrogens is 264 g/mol. The number of anilines is 1. The molecule has 1 aliphatic carbocycles. The highest BCUT2D eigenvalue weighted by molar-refractivity contribution is 7.89. The van der Waals surface area contributed by atoms with E-state index in [1.807, 2.05) is 0 Å². The predicted octanol–water partition coefficient (Wildman–Crippen LogP) is 1.25. The van der Waals surface area contributed by atoms with Crippen molar-refractivity contribution in [1.29, 1.82) is 0 Å². The Hall–Kier alpha value is -1.08. The molecule has 7 heteroatoms. The number of aryl methyl sites for hydroxylation is 1. The van der Waals surface area contributed by atoms with Crippen LogP contribution in [-0.4, -0.2) is 24.7 Å². The summed E-state index contributed by atoms with van der Waals surface area (Å²) < 4.78 is 28.6. The van der Waals surface area contributed by atoms with Crippen molar-refractivity contribution in [3.05, 3.63) is 6.20 Å². The SMILES string of the molecule is CCC1(CNS(=O)(=O)c2cn(C)nc2N)CCCC1. The zero-order valence-corrected chi connectivity index (χ0v) is 12.3. The number of nitrogens with one attached hydrogen (secondary N) is 1. The predicted molar refractivity (Wildman–Crippen MR) is 74.0 cm³/mol. The first-order valence-corrected chi connectivity index (χ1v) is 8.16. The Morgan fingerprint density at radius 2 is 2.11 bits per heavy atom. The van der Waals surface area contributed by atoms with E-state index in [1.54, 1.807) is 7.05 Å². The number of nitrogens with zero attached hydrogens (tertiary/aromatic N) is 2. The molecule has 0 aromatic carbocycles. The summed E-state index contributed by atoms with van der Waals surface area (Å²) >= 11 is 0. The third-order valence-electron chi connectivity index (χ3n) is 4.16. The van der Waals surface area contributed by atoms with Gasteiger partial charge in [0.2, 0.25) is 10.0 Å². The molecule has 0 unspecified atom stereocenters. The minimum absolute atomic E-state index is 0.0481. The van der Waals surface area contributed by atoms with Gasteiger partial charge < -0.3 is 5.73 Å². The van der Waals surface area contributed by atoms with E-state index in [0.29, 0.717) is 6.54 Å². The lowest BCUT2D eigenvalue weighted by Crippen LogP contribution is -2.35. The summed E-state index contributed by atoms with van der Waals surface area (Å²) in [6, 6.07) is 0. The van der Waals surface area contributed by atoms with Crippen LogP contribution < -0.4 is 10.5 Å². The number of hydrogen-bond donors (Lipinski definition) is 2. The molecule has 1 saturated carbocycles. The van der Waals surface area contributed by atoms with Gasteiger partial charge >= 0.3 is 0 Å². The number of nitrogens with two attached hydrogens (primary N) is 1. The maximum Gasteiger partial charge on any atom is 0.245 e. The molecule has 0 bridgehead atoms. The zero-order chi connectivity index (χ0) is 14.1. The summed E-state index contributed by atoms with van der Waals surface area (Å²) in [5.41, 5.74) is 5.74. The highest BCUT2D eigenvalue weighted by atomic mass is 32.2. The number of rotatable bonds is 5. The van der Waals surface area contributed by atoms with Crippen LogP contribution in [0.25, 0.3) is 0 Å². The fraction of sp³-hybridized carbons (Fsp3) is 0.750. The fourth-order valence-electron chi connectivity index (χ4n) is 2.80. The van der Waals surface area contributed by atoms with E-state index in [0.717, 1.165) is 19.3 Å². The molecule has 1 aromatic rings. The first-order valence-electron chi connectivity index (χ1n) is 6.67. The van der Waals surface area contributed by atoms with Gasteiger partial charge in [-0.15, -0.1) is 0 Å². The molecule has 0 amide bonds. The van der Waals surface area contributed by atoms with E-state index >= 15 is 0 Å². The normalized spacial score (nSPS) is 18.8. The van der Waals surface area contributed by atoms with E-state index in [4.69, 9.17) is 5.73 Å². The van der Waals surface area contributed by atoms with Gasteiger partial charge in [0.15, 0.2) is 5.82 Å². The molecule has 1 heterocycles. The molecule has 6 nitrogen and oxygen atoms in total. The van der Waals surface area contributed by atoms with Crippen molar-refractivity contribution in [3.8, 4) is 0 Å². The van der Waals surface area contributed by atoms with Gasteiger partial charge in [0.05, 0.1) is 0 Å². The summed E-state index contributed by atoms with van der Waals surface area (Å²) in [5, 5.41) is 3.87. The van der Waals surface area contributed by atoms with Gasteiger partial charge in [-0.05, 0) is 24.7 Å². The van der Waals surface area contributed by atoms with E-state index in [2.05, 4.69) is 16.7 Å². The smallest absolute Gasteiger partial charge is 0.245 e. The molecular formula is C12H22N4O2S. The third kappa shape index (κ3) is 2.92. The molecule has 0 radical (unpaired) electrons. The number of nitrogen functional groups attached to an aromatic ring is 1. The number of aromatic nitrogens is 2. The Kier molecular flexibility index (Phi) is 3.87. The van der Waals surface area contributed by atoms with Gasteiger partial charge in [0.25, 0.3) is 0 Å². The van der Waals surface area contributed by atoms with Crippen LogP contribution in [0, 0.1) is 5.41 Å². The van der Waals surface area contributed by atoms with E-state index in [-0.39, 0.29) is 16.1 Å². The van der Waals surface area contributed by atoms with Gasteiger partial charge in [-0.2, -0.15) is 5.10 Å². The van der Waals surface area contributed by atoms with E-state index in [1.165, 1.54) is 23.7 Å². The van der Waals surface area contributed by atoms with Gasteiger partial charge in [-0.3, -0.25) is 4.68 Å². The highest BCUT2D eigenvalue weighted by Gasteiger charge is 2.33. The standard InChI is InChI=1S/C12H22N4O2S/c1-3-12(6-4-5-7-12)9-14-19(17,18)10-8-16(2)15-11(10)13/h8,14H,3-7,9H2,1-2H3,(H2,13,15). The molecule has 1 aromatic heterocycles. The Bertz CT molecular complexity index is 544. The van der Waals surface area contributed by atoms with E-state index in [9.17, 15) is 8.42 Å². The molecule has 0 aliphatic heterocycles. The second-order valence-electron chi connectivity index (χ2n) is 5.44. The van der Waals surface area contributed by atoms with Crippen molar-refractivity contribution in [2.24, 2.45) is 12.5 Å². The average molecular weight is 286 g/mol. The van der Waals surface area contributed by atoms with Gasteiger partial charge in [-0.25, -0.2) is 13.1 Å². The molecule has 2 rings (SSSR count).